The molecule has 9 rings (SSSR count). The molecule has 0 fully saturated rings. The molecule has 0 radical (unpaired) electrons. The fourth-order valence-corrected chi connectivity index (χ4v) is 9.32. The number of pyridine rings is 1. The van der Waals surface area contributed by atoms with Gasteiger partial charge in [0.2, 0.25) is 0 Å². The quantitative estimate of drug-likeness (QED) is 0.162. The van der Waals surface area contributed by atoms with Crippen LogP contribution in [-0.2, 0) is 42.7 Å². The summed E-state index contributed by atoms with van der Waals surface area (Å²) in [6.07, 6.45) is 1.90. The van der Waals surface area contributed by atoms with Gasteiger partial charge >= 0.3 is 0 Å². The summed E-state index contributed by atoms with van der Waals surface area (Å²) in [4.78, 5) is 10.7. The maximum Gasteiger partial charge on any atom is 0.148 e. The van der Waals surface area contributed by atoms with Gasteiger partial charge in [-0.05, 0) is 90.9 Å². The average molecular weight is 1090 g/mol. The van der Waals surface area contributed by atoms with E-state index in [0.717, 1.165) is 83.6 Å². The molecular weight excluding hydrogens is 1020 g/mol. The van der Waals surface area contributed by atoms with E-state index in [1.807, 2.05) is 12.3 Å². The number of phenolic OH excluding ortho intramolecular Hbond substituents is 1. The summed E-state index contributed by atoms with van der Waals surface area (Å²) in [6, 6.07) is 60.1. The van der Waals surface area contributed by atoms with Gasteiger partial charge in [-0.3, -0.25) is 9.55 Å². The second kappa shape index (κ2) is 18.5. The molecule has 0 unspecified atom stereocenters. The number of para-hydroxylation sites is 1. The Kier molecular flexibility index (Phi) is 13.2. The number of imidazole rings is 1. The Morgan fingerprint density at radius 3 is 1.58 bits per heavy atom. The number of hydrogen-bond donors (Lipinski definition) is 1. The number of rotatable bonds is 7. The summed E-state index contributed by atoms with van der Waals surface area (Å²) in [5, 5.41) is 12.7. The van der Waals surface area contributed by atoms with Gasteiger partial charge in [0.25, 0.3) is 0 Å². The average Bonchev–Trinajstić information content (AvgIpc) is 3.70. The molecule has 352 valence electrons. The van der Waals surface area contributed by atoms with E-state index in [1.54, 1.807) is 0 Å². The van der Waals surface area contributed by atoms with Gasteiger partial charge in [-0.2, -0.15) is 0 Å². The summed E-state index contributed by atoms with van der Waals surface area (Å²) in [5.74, 6) is 0.915. The Bertz CT molecular complexity index is 3300. The first-order valence-electron chi connectivity index (χ1n) is 24.0. The Labute approximate surface area is 424 Å². The Morgan fingerprint density at radius 2 is 1.00 bits per heavy atom. The third-order valence-electron chi connectivity index (χ3n) is 13.2. The van der Waals surface area contributed by atoms with Gasteiger partial charge < -0.3 is 5.11 Å². The zero-order chi connectivity index (χ0) is 48.3. The van der Waals surface area contributed by atoms with Crippen molar-refractivity contribution >= 4 is 11.0 Å². The van der Waals surface area contributed by atoms with E-state index in [4.69, 9.17) is 9.97 Å². The van der Waals surface area contributed by atoms with Crippen molar-refractivity contribution < 1.29 is 26.2 Å². The second-order valence-corrected chi connectivity index (χ2v) is 22.5. The van der Waals surface area contributed by atoms with Gasteiger partial charge in [-0.25, -0.2) is 4.98 Å². The third kappa shape index (κ3) is 9.79. The number of fused-ring (bicyclic) bond motifs is 1. The van der Waals surface area contributed by atoms with Gasteiger partial charge in [0.1, 0.15) is 11.6 Å². The molecule has 1 N–H and O–H groups in total. The van der Waals surface area contributed by atoms with Crippen molar-refractivity contribution in [2.24, 2.45) is 0 Å². The summed E-state index contributed by atoms with van der Waals surface area (Å²) in [7, 11) is 0. The molecule has 5 heteroatoms. The molecule has 4 nitrogen and oxygen atoms in total. The van der Waals surface area contributed by atoms with Crippen LogP contribution in [0.3, 0.4) is 0 Å². The molecular formula is C64H64N3OPt-. The Balaban J connectivity index is 0.00000642. The molecule has 0 spiro atoms. The number of hydrogen-bond acceptors (Lipinski definition) is 3. The van der Waals surface area contributed by atoms with Crippen LogP contribution in [0.4, 0.5) is 0 Å². The maximum atomic E-state index is 12.7. The van der Waals surface area contributed by atoms with Crippen molar-refractivity contribution in [3.05, 3.63) is 192 Å². The molecule has 0 saturated heterocycles. The van der Waals surface area contributed by atoms with E-state index in [1.165, 1.54) is 11.1 Å². The first kappa shape index (κ1) is 49.1. The minimum atomic E-state index is -0.350. The van der Waals surface area contributed by atoms with Crippen LogP contribution < -0.4 is 0 Å². The van der Waals surface area contributed by atoms with E-state index in [0.29, 0.717) is 11.4 Å². The van der Waals surface area contributed by atoms with E-state index in [-0.39, 0.29) is 48.5 Å². The Hall–Kier alpha value is -6.35. The van der Waals surface area contributed by atoms with E-state index in [2.05, 4.69) is 245 Å². The maximum absolute atomic E-state index is 12.7. The predicted octanol–water partition coefficient (Wildman–Crippen LogP) is 17.1. The van der Waals surface area contributed by atoms with Crippen LogP contribution in [0.15, 0.2) is 164 Å². The topological polar surface area (TPSA) is 50.9 Å². The first-order valence-corrected chi connectivity index (χ1v) is 24.0. The third-order valence-corrected chi connectivity index (χ3v) is 13.2. The molecule has 0 saturated carbocycles. The van der Waals surface area contributed by atoms with Gasteiger partial charge in [-0.15, -0.1) is 29.3 Å². The molecule has 7 aromatic carbocycles. The molecule has 0 aliphatic heterocycles. The molecule has 0 atom stereocenters. The number of phenols is 1. The largest absolute Gasteiger partial charge is 0.507 e. The van der Waals surface area contributed by atoms with E-state index < -0.39 is 0 Å². The van der Waals surface area contributed by atoms with Crippen molar-refractivity contribution in [2.45, 2.75) is 105 Å². The fourth-order valence-electron chi connectivity index (χ4n) is 9.32. The van der Waals surface area contributed by atoms with Crippen LogP contribution >= 0.6 is 0 Å². The zero-order valence-electron chi connectivity index (χ0n) is 42.2. The predicted molar refractivity (Wildman–Crippen MR) is 287 cm³/mol. The second-order valence-electron chi connectivity index (χ2n) is 22.5. The van der Waals surface area contributed by atoms with Crippen molar-refractivity contribution in [1.82, 2.24) is 14.5 Å². The van der Waals surface area contributed by atoms with Crippen LogP contribution in [0.2, 0.25) is 0 Å². The summed E-state index contributed by atoms with van der Waals surface area (Å²) >= 11 is 0. The van der Waals surface area contributed by atoms with Gasteiger partial charge in [0, 0.05) is 44.1 Å². The standard InChI is InChI=1S/C64H64N3O.Pt/c1-61(2,3)47-34-45(33-46(35-47)55-36-44(31-32-65-55)41-23-16-13-17-24-41)49-29-22-30-56-58(49)66-60(52-37-48(62(4,5)6)38-54(59(52)68)64(10,11)12)67(56)57-40-50(42-25-18-14-19-26-42)53(63(7,8)9)39-51(57)43-27-20-15-21-28-43;/h13-32,34-40,68H,1-12H3;/q-1;. The number of aromatic hydroxyl groups is 1. The molecule has 0 bridgehead atoms. The monoisotopic (exact) mass is 1090 g/mol. The molecule has 2 aromatic heterocycles. The number of aromatic nitrogens is 3. The van der Waals surface area contributed by atoms with E-state index >= 15 is 0 Å². The van der Waals surface area contributed by atoms with Crippen LogP contribution in [0.25, 0.3) is 83.9 Å². The van der Waals surface area contributed by atoms with E-state index in [9.17, 15) is 5.11 Å². The van der Waals surface area contributed by atoms with Crippen LogP contribution in [0, 0.1) is 6.07 Å². The molecule has 0 aliphatic rings. The summed E-state index contributed by atoms with van der Waals surface area (Å²) in [6.45, 7) is 26.9. The fraction of sp³-hybridized carbons (Fsp3) is 0.250. The smallest absolute Gasteiger partial charge is 0.148 e. The summed E-state index contributed by atoms with van der Waals surface area (Å²) in [5.41, 5.74) is 17.3. The van der Waals surface area contributed by atoms with Crippen LogP contribution in [0.5, 0.6) is 5.75 Å². The van der Waals surface area contributed by atoms with Gasteiger partial charge in [0.15, 0.2) is 0 Å². The minimum absolute atomic E-state index is 0. The minimum Gasteiger partial charge on any atom is -0.507 e. The van der Waals surface area contributed by atoms with Gasteiger partial charge in [-0.1, -0.05) is 209 Å². The van der Waals surface area contributed by atoms with Crippen LogP contribution in [-0.4, -0.2) is 19.6 Å². The molecule has 2 heterocycles. The molecule has 9 aromatic rings. The number of nitrogens with zero attached hydrogens (tertiary/aromatic N) is 3. The normalized spacial score (nSPS) is 12.3. The van der Waals surface area contributed by atoms with Crippen molar-refractivity contribution in [3.63, 3.8) is 0 Å². The number of benzene rings is 7. The SMILES string of the molecule is CC(C)(C)c1cc(-c2cc(-c3ccccc3)ccn2)[c-]c(-c2cccc3c2nc(-c2cc(C(C)(C)C)cc(C(C)(C)C)c2O)n3-c2cc(-c3ccccc3)c(C(C)(C)C)cc2-c2ccccc2)c1.[Pt]. The molecule has 69 heavy (non-hydrogen) atoms. The van der Waals surface area contributed by atoms with Crippen molar-refractivity contribution in [3.8, 4) is 78.6 Å². The zero-order valence-corrected chi connectivity index (χ0v) is 44.5. The van der Waals surface area contributed by atoms with Crippen molar-refractivity contribution in [2.75, 3.05) is 0 Å². The van der Waals surface area contributed by atoms with Gasteiger partial charge in [0.05, 0.1) is 22.3 Å². The molecule has 0 aliphatic carbocycles. The van der Waals surface area contributed by atoms with Crippen LogP contribution in [0.1, 0.15) is 105 Å². The Morgan fingerprint density at radius 1 is 0.449 bits per heavy atom. The summed E-state index contributed by atoms with van der Waals surface area (Å²) < 4.78 is 2.31. The first-order chi connectivity index (χ1) is 32.2. The molecule has 0 amide bonds. The van der Waals surface area contributed by atoms with Crippen molar-refractivity contribution in [1.29, 1.82) is 0 Å².